The van der Waals surface area contributed by atoms with Crippen LogP contribution in [-0.4, -0.2) is 58.9 Å². The zero-order valence-corrected chi connectivity index (χ0v) is 14.1. The lowest BCUT2D eigenvalue weighted by Crippen LogP contribution is -2.39. The van der Waals surface area contributed by atoms with Crippen molar-refractivity contribution < 1.29 is 9.59 Å². The number of benzene rings is 1. The van der Waals surface area contributed by atoms with Crippen LogP contribution in [0.1, 0.15) is 12.1 Å². The van der Waals surface area contributed by atoms with E-state index in [0.29, 0.717) is 19.6 Å². The molecule has 6 heteroatoms. The minimum atomic E-state index is -0.316. The number of aromatic nitrogens is 1. The standard InChI is InChI=1S/C18H24N4O2/c1-14-11-15-5-2-3-6-16(15)22(14)13-18(24)21-8-4-7-20(9-10-21)12-17(19)23/h2-3,5-6,11H,4,7-10,12-13H2,1H3,(H2,19,23). The lowest BCUT2D eigenvalue weighted by atomic mass is 10.2. The van der Waals surface area contributed by atoms with E-state index >= 15 is 0 Å². The molecule has 0 bridgehead atoms. The monoisotopic (exact) mass is 328 g/mol. The maximum Gasteiger partial charge on any atom is 0.242 e. The molecule has 0 spiro atoms. The lowest BCUT2D eigenvalue weighted by Gasteiger charge is -2.22. The molecule has 128 valence electrons. The number of aryl methyl sites for hydroxylation is 1. The molecule has 3 rings (SSSR count). The first-order valence-corrected chi connectivity index (χ1v) is 8.38. The number of carbonyl (C=O) groups excluding carboxylic acids is 2. The van der Waals surface area contributed by atoms with E-state index in [1.165, 1.54) is 0 Å². The van der Waals surface area contributed by atoms with Gasteiger partial charge >= 0.3 is 0 Å². The Morgan fingerprint density at radius 1 is 1.08 bits per heavy atom. The van der Waals surface area contributed by atoms with Gasteiger partial charge in [-0.2, -0.15) is 0 Å². The van der Waals surface area contributed by atoms with Crippen LogP contribution in [0.3, 0.4) is 0 Å². The molecule has 0 unspecified atom stereocenters. The molecule has 1 aromatic heterocycles. The zero-order valence-electron chi connectivity index (χ0n) is 14.1. The molecule has 0 aliphatic carbocycles. The number of nitrogens with zero attached hydrogens (tertiary/aromatic N) is 3. The van der Waals surface area contributed by atoms with Gasteiger partial charge in [0.1, 0.15) is 6.54 Å². The molecule has 2 amide bonds. The highest BCUT2D eigenvalue weighted by Gasteiger charge is 2.21. The fraction of sp³-hybridized carbons (Fsp3) is 0.444. The molecule has 0 saturated carbocycles. The average Bonchev–Trinajstić information content (AvgIpc) is 2.71. The predicted molar refractivity (Wildman–Crippen MR) is 93.5 cm³/mol. The van der Waals surface area contributed by atoms with Crippen molar-refractivity contribution in [2.24, 2.45) is 5.73 Å². The van der Waals surface area contributed by atoms with Crippen molar-refractivity contribution >= 4 is 22.7 Å². The SMILES string of the molecule is Cc1cc2ccccc2n1CC(=O)N1CCCN(CC(N)=O)CC1. The first-order chi connectivity index (χ1) is 11.5. The van der Waals surface area contributed by atoms with Crippen molar-refractivity contribution in [3.05, 3.63) is 36.0 Å². The Hall–Kier alpha value is -2.34. The summed E-state index contributed by atoms with van der Waals surface area (Å²) < 4.78 is 2.07. The van der Waals surface area contributed by atoms with E-state index in [-0.39, 0.29) is 18.4 Å². The number of fused-ring (bicyclic) bond motifs is 1. The summed E-state index contributed by atoms with van der Waals surface area (Å²) >= 11 is 0. The summed E-state index contributed by atoms with van der Waals surface area (Å²) in [5.41, 5.74) is 7.45. The van der Waals surface area contributed by atoms with Crippen molar-refractivity contribution in [3.63, 3.8) is 0 Å². The van der Waals surface area contributed by atoms with Crippen LogP contribution in [0.2, 0.25) is 0 Å². The lowest BCUT2D eigenvalue weighted by molar-refractivity contribution is -0.131. The molecule has 1 saturated heterocycles. The van der Waals surface area contributed by atoms with E-state index in [2.05, 4.69) is 16.7 Å². The Morgan fingerprint density at radius 2 is 1.88 bits per heavy atom. The Labute approximate surface area is 141 Å². The van der Waals surface area contributed by atoms with E-state index in [0.717, 1.165) is 36.1 Å². The van der Waals surface area contributed by atoms with Gasteiger partial charge in [0, 0.05) is 37.4 Å². The number of amides is 2. The van der Waals surface area contributed by atoms with E-state index in [9.17, 15) is 9.59 Å². The molecule has 1 aliphatic heterocycles. The van der Waals surface area contributed by atoms with Gasteiger partial charge in [-0.15, -0.1) is 0 Å². The number of nitrogens with two attached hydrogens (primary N) is 1. The number of para-hydroxylation sites is 1. The van der Waals surface area contributed by atoms with Gasteiger partial charge in [0.05, 0.1) is 6.54 Å². The molecule has 24 heavy (non-hydrogen) atoms. The van der Waals surface area contributed by atoms with Gasteiger partial charge < -0.3 is 15.2 Å². The van der Waals surface area contributed by atoms with Gasteiger partial charge in [0.2, 0.25) is 11.8 Å². The van der Waals surface area contributed by atoms with Crippen LogP contribution in [0, 0.1) is 6.92 Å². The van der Waals surface area contributed by atoms with Gasteiger partial charge in [-0.3, -0.25) is 14.5 Å². The van der Waals surface area contributed by atoms with E-state index in [4.69, 9.17) is 5.73 Å². The molecule has 6 nitrogen and oxygen atoms in total. The molecule has 2 N–H and O–H groups in total. The van der Waals surface area contributed by atoms with Crippen LogP contribution in [0.5, 0.6) is 0 Å². The van der Waals surface area contributed by atoms with Gasteiger partial charge in [0.15, 0.2) is 0 Å². The van der Waals surface area contributed by atoms with Crippen LogP contribution in [0.15, 0.2) is 30.3 Å². The quantitative estimate of drug-likeness (QED) is 0.909. The molecule has 0 radical (unpaired) electrons. The highest BCUT2D eigenvalue weighted by Crippen LogP contribution is 2.19. The van der Waals surface area contributed by atoms with Crippen molar-refractivity contribution in [3.8, 4) is 0 Å². The minimum absolute atomic E-state index is 0.125. The third-order valence-electron chi connectivity index (χ3n) is 4.63. The molecular weight excluding hydrogens is 304 g/mol. The molecule has 2 heterocycles. The number of primary amides is 1. The van der Waals surface area contributed by atoms with Crippen LogP contribution >= 0.6 is 0 Å². The third-order valence-corrected chi connectivity index (χ3v) is 4.63. The van der Waals surface area contributed by atoms with Gasteiger partial charge in [0.25, 0.3) is 0 Å². The highest BCUT2D eigenvalue weighted by atomic mass is 16.2. The molecule has 1 aromatic carbocycles. The Bertz CT molecular complexity index is 753. The minimum Gasteiger partial charge on any atom is -0.369 e. The number of hydrogen-bond acceptors (Lipinski definition) is 3. The van der Waals surface area contributed by atoms with Crippen molar-refractivity contribution in [1.29, 1.82) is 0 Å². The van der Waals surface area contributed by atoms with Crippen LogP contribution < -0.4 is 5.73 Å². The van der Waals surface area contributed by atoms with E-state index in [1.54, 1.807) is 0 Å². The predicted octanol–water partition coefficient (Wildman–Crippen LogP) is 0.969. The second kappa shape index (κ2) is 7.05. The second-order valence-electron chi connectivity index (χ2n) is 6.41. The molecule has 0 atom stereocenters. The largest absolute Gasteiger partial charge is 0.369 e. The average molecular weight is 328 g/mol. The molecule has 1 aliphatic rings. The van der Waals surface area contributed by atoms with Crippen LogP contribution in [-0.2, 0) is 16.1 Å². The van der Waals surface area contributed by atoms with E-state index < -0.39 is 0 Å². The van der Waals surface area contributed by atoms with Crippen molar-refractivity contribution in [1.82, 2.24) is 14.4 Å². The first kappa shape index (κ1) is 16.5. The fourth-order valence-electron chi connectivity index (χ4n) is 3.39. The Morgan fingerprint density at radius 3 is 2.67 bits per heavy atom. The smallest absolute Gasteiger partial charge is 0.242 e. The van der Waals surface area contributed by atoms with Crippen molar-refractivity contribution in [2.45, 2.75) is 19.9 Å². The third kappa shape index (κ3) is 3.59. The summed E-state index contributed by atoms with van der Waals surface area (Å²) in [6.45, 7) is 5.53. The topological polar surface area (TPSA) is 71.6 Å². The molecule has 1 fully saturated rings. The first-order valence-electron chi connectivity index (χ1n) is 8.38. The van der Waals surface area contributed by atoms with Crippen LogP contribution in [0.4, 0.5) is 0 Å². The second-order valence-corrected chi connectivity index (χ2v) is 6.41. The summed E-state index contributed by atoms with van der Waals surface area (Å²) in [6, 6.07) is 10.2. The summed E-state index contributed by atoms with van der Waals surface area (Å²) in [7, 11) is 0. The maximum absolute atomic E-state index is 12.7. The number of rotatable bonds is 4. The van der Waals surface area contributed by atoms with Gasteiger partial charge in [-0.1, -0.05) is 18.2 Å². The van der Waals surface area contributed by atoms with Gasteiger partial charge in [-0.05, 0) is 30.9 Å². The normalized spacial score (nSPS) is 16.3. The van der Waals surface area contributed by atoms with Crippen molar-refractivity contribution in [2.75, 3.05) is 32.7 Å². The Kier molecular flexibility index (Phi) is 4.85. The van der Waals surface area contributed by atoms with Crippen LogP contribution in [0.25, 0.3) is 10.9 Å². The number of carbonyl (C=O) groups is 2. The molecular formula is C18H24N4O2. The summed E-state index contributed by atoms with van der Waals surface area (Å²) in [5.74, 6) is -0.190. The summed E-state index contributed by atoms with van der Waals surface area (Å²) in [5, 5.41) is 1.16. The summed E-state index contributed by atoms with van der Waals surface area (Å²) in [4.78, 5) is 27.7. The highest BCUT2D eigenvalue weighted by molar-refractivity contribution is 5.84. The molecule has 2 aromatic rings. The maximum atomic E-state index is 12.7. The zero-order chi connectivity index (χ0) is 17.1. The van der Waals surface area contributed by atoms with Gasteiger partial charge in [-0.25, -0.2) is 0 Å². The Balaban J connectivity index is 1.68. The fourth-order valence-corrected chi connectivity index (χ4v) is 3.39. The number of hydrogen-bond donors (Lipinski definition) is 1. The van der Waals surface area contributed by atoms with E-state index in [1.807, 2.05) is 34.9 Å². The summed E-state index contributed by atoms with van der Waals surface area (Å²) in [6.07, 6.45) is 0.866.